The van der Waals surface area contributed by atoms with Gasteiger partial charge in [-0.2, -0.15) is 25.3 Å². The Hall–Kier alpha value is -1.54. The van der Waals surface area contributed by atoms with Gasteiger partial charge >= 0.3 is 5.97 Å². The van der Waals surface area contributed by atoms with E-state index in [4.69, 9.17) is 10.8 Å². The average molecular weight is 427 g/mol. The van der Waals surface area contributed by atoms with Crippen molar-refractivity contribution in [2.24, 2.45) is 5.73 Å². The molecule has 0 fully saturated rings. The lowest BCUT2D eigenvalue weighted by Gasteiger charge is -2.26. The summed E-state index contributed by atoms with van der Waals surface area (Å²) < 4.78 is 0. The molecule has 0 radical (unpaired) electrons. The minimum atomic E-state index is -1.63. The zero-order valence-electron chi connectivity index (χ0n) is 14.8. The van der Waals surface area contributed by atoms with Crippen molar-refractivity contribution in [1.29, 1.82) is 0 Å². The second-order valence-corrected chi connectivity index (χ2v) is 6.56. The molecule has 27 heavy (non-hydrogen) atoms. The first-order valence-electron chi connectivity index (χ1n) is 7.93. The minimum Gasteiger partial charge on any atom is -0.480 e. The minimum absolute atomic E-state index is 0.0430. The van der Waals surface area contributed by atoms with E-state index in [2.05, 4.69) is 35.9 Å². The third kappa shape index (κ3) is 8.34. The first kappa shape index (κ1) is 25.5. The number of carbonyl (C=O) groups is 4. The molecule has 0 saturated carbocycles. The summed E-state index contributed by atoms with van der Waals surface area (Å²) in [5, 5.41) is 34.7. The van der Waals surface area contributed by atoms with Gasteiger partial charge < -0.3 is 37.0 Å². The summed E-state index contributed by atoms with van der Waals surface area (Å²) in [6.07, 6.45) is -2.81. The number of hydrogen-bond acceptors (Lipinski definition) is 9. The van der Waals surface area contributed by atoms with Crippen LogP contribution in [0.25, 0.3) is 0 Å². The molecule has 0 bridgehead atoms. The van der Waals surface area contributed by atoms with Gasteiger partial charge in [-0.15, -0.1) is 0 Å². The molecule has 0 heterocycles. The van der Waals surface area contributed by atoms with Crippen molar-refractivity contribution in [3.05, 3.63) is 0 Å². The number of aliphatic hydroxyl groups is 2. The topological polar surface area (TPSA) is 191 Å². The summed E-state index contributed by atoms with van der Waals surface area (Å²) in [7, 11) is 0. The first-order chi connectivity index (χ1) is 12.5. The van der Waals surface area contributed by atoms with Gasteiger partial charge in [0.25, 0.3) is 0 Å². The number of aliphatic carboxylic acids is 1. The Morgan fingerprint density at radius 1 is 0.852 bits per heavy atom. The van der Waals surface area contributed by atoms with Crippen LogP contribution in [-0.4, -0.2) is 86.9 Å². The van der Waals surface area contributed by atoms with Crippen LogP contribution < -0.4 is 21.7 Å². The maximum atomic E-state index is 12.3. The van der Waals surface area contributed by atoms with E-state index in [-0.39, 0.29) is 11.5 Å². The molecule has 156 valence electrons. The molecule has 6 atom stereocenters. The van der Waals surface area contributed by atoms with Crippen LogP contribution in [0, 0.1) is 0 Å². The molecular formula is C14H26N4O7S2. The van der Waals surface area contributed by atoms with E-state index in [1.807, 2.05) is 5.32 Å². The predicted molar refractivity (Wildman–Crippen MR) is 102 cm³/mol. The lowest BCUT2D eigenvalue weighted by Crippen LogP contribution is -2.61. The molecule has 0 aliphatic rings. The molecule has 0 rings (SSSR count). The first-order valence-corrected chi connectivity index (χ1v) is 9.20. The molecule has 11 nitrogen and oxygen atoms in total. The van der Waals surface area contributed by atoms with Crippen molar-refractivity contribution in [2.75, 3.05) is 11.5 Å². The Morgan fingerprint density at radius 3 is 1.70 bits per heavy atom. The molecule has 0 aromatic heterocycles. The van der Waals surface area contributed by atoms with Gasteiger partial charge in [0.1, 0.15) is 12.1 Å². The fourth-order valence-electron chi connectivity index (χ4n) is 1.85. The van der Waals surface area contributed by atoms with E-state index in [1.54, 1.807) is 0 Å². The van der Waals surface area contributed by atoms with Gasteiger partial charge in [-0.05, 0) is 13.8 Å². The van der Waals surface area contributed by atoms with Crippen LogP contribution in [0.1, 0.15) is 13.8 Å². The molecule has 0 saturated heterocycles. The standard InChI is InChI=1S/C14H26N4O7S2/c1-5(19)9(13(23)18-10(6(2)20)14(24)25)17-12(22)8(4-27)16-11(21)7(15)3-26/h5-10,19-20,26-27H,3-4,15H2,1-2H3,(H,16,21)(H,17,22)(H,18,23)(H,24,25). The Morgan fingerprint density at radius 2 is 1.33 bits per heavy atom. The summed E-state index contributed by atoms with van der Waals surface area (Å²) in [5.41, 5.74) is 5.50. The summed E-state index contributed by atoms with van der Waals surface area (Å²) in [5.74, 6) is -4.09. The highest BCUT2D eigenvalue weighted by Gasteiger charge is 2.33. The number of nitrogens with one attached hydrogen (secondary N) is 3. The van der Waals surface area contributed by atoms with Crippen LogP contribution >= 0.6 is 25.3 Å². The monoisotopic (exact) mass is 426 g/mol. The smallest absolute Gasteiger partial charge is 0.328 e. The Balaban J connectivity index is 5.16. The van der Waals surface area contributed by atoms with E-state index in [9.17, 15) is 29.4 Å². The number of carboxylic acids is 1. The number of thiol groups is 2. The average Bonchev–Trinajstić information content (AvgIpc) is 2.59. The second kappa shape index (κ2) is 12.0. The highest BCUT2D eigenvalue weighted by molar-refractivity contribution is 7.80. The van der Waals surface area contributed by atoms with Crippen LogP contribution in [-0.2, 0) is 19.2 Å². The SMILES string of the molecule is CC(O)C(NC(=O)C(NC(=O)C(CS)NC(=O)C(N)CS)C(C)O)C(=O)O. The number of aliphatic hydroxyl groups excluding tert-OH is 2. The summed E-state index contributed by atoms with van der Waals surface area (Å²) in [4.78, 5) is 47.4. The van der Waals surface area contributed by atoms with Crippen LogP contribution in [0.3, 0.4) is 0 Å². The van der Waals surface area contributed by atoms with Crippen molar-refractivity contribution in [3.63, 3.8) is 0 Å². The molecule has 8 N–H and O–H groups in total. The number of rotatable bonds is 11. The molecule has 0 aliphatic carbocycles. The molecule has 0 aliphatic heterocycles. The molecule has 0 aromatic rings. The van der Waals surface area contributed by atoms with Crippen LogP contribution in [0.15, 0.2) is 0 Å². The van der Waals surface area contributed by atoms with Crippen molar-refractivity contribution < 1.29 is 34.5 Å². The number of nitrogens with two attached hydrogens (primary N) is 1. The summed E-state index contributed by atoms with van der Waals surface area (Å²) in [6, 6.07) is -5.28. The molecule has 0 aromatic carbocycles. The van der Waals surface area contributed by atoms with Crippen LogP contribution in [0.2, 0.25) is 0 Å². The number of hydrogen-bond donors (Lipinski definition) is 9. The van der Waals surface area contributed by atoms with E-state index in [0.717, 1.165) is 6.92 Å². The zero-order valence-corrected chi connectivity index (χ0v) is 16.6. The van der Waals surface area contributed by atoms with E-state index in [0.29, 0.717) is 0 Å². The van der Waals surface area contributed by atoms with Crippen LogP contribution in [0.5, 0.6) is 0 Å². The van der Waals surface area contributed by atoms with Crippen molar-refractivity contribution in [2.45, 2.75) is 50.2 Å². The maximum absolute atomic E-state index is 12.3. The maximum Gasteiger partial charge on any atom is 0.328 e. The van der Waals surface area contributed by atoms with Crippen molar-refractivity contribution >= 4 is 48.9 Å². The Labute approximate surface area is 167 Å². The van der Waals surface area contributed by atoms with E-state index in [1.165, 1.54) is 6.92 Å². The molecule has 3 amide bonds. The number of carboxylic acid groups (broad SMARTS) is 1. The molecule has 0 spiro atoms. The third-order valence-electron chi connectivity index (χ3n) is 3.46. The number of amides is 3. The van der Waals surface area contributed by atoms with E-state index >= 15 is 0 Å². The quantitative estimate of drug-likeness (QED) is 0.152. The lowest BCUT2D eigenvalue weighted by molar-refractivity contribution is -0.145. The highest BCUT2D eigenvalue weighted by Crippen LogP contribution is 2.01. The fraction of sp³-hybridized carbons (Fsp3) is 0.714. The van der Waals surface area contributed by atoms with Gasteiger partial charge in [0.2, 0.25) is 17.7 Å². The normalized spacial score (nSPS) is 17.6. The van der Waals surface area contributed by atoms with Gasteiger partial charge in [0.15, 0.2) is 6.04 Å². The van der Waals surface area contributed by atoms with Gasteiger partial charge in [0, 0.05) is 11.5 Å². The molecule has 13 heteroatoms. The van der Waals surface area contributed by atoms with Gasteiger partial charge in [-0.1, -0.05) is 0 Å². The van der Waals surface area contributed by atoms with Gasteiger partial charge in [0.05, 0.1) is 18.2 Å². The van der Waals surface area contributed by atoms with E-state index < -0.39 is 60.1 Å². The van der Waals surface area contributed by atoms with Crippen LogP contribution in [0.4, 0.5) is 0 Å². The second-order valence-electron chi connectivity index (χ2n) is 5.82. The largest absolute Gasteiger partial charge is 0.480 e. The Kier molecular flexibility index (Phi) is 11.3. The third-order valence-corrected chi connectivity index (χ3v) is 4.22. The van der Waals surface area contributed by atoms with Gasteiger partial charge in [-0.25, -0.2) is 4.79 Å². The molecular weight excluding hydrogens is 400 g/mol. The molecule has 6 unspecified atom stereocenters. The zero-order chi connectivity index (χ0) is 21.3. The van der Waals surface area contributed by atoms with Crippen molar-refractivity contribution in [1.82, 2.24) is 16.0 Å². The summed E-state index contributed by atoms with van der Waals surface area (Å²) in [6.45, 7) is 2.36. The van der Waals surface area contributed by atoms with Gasteiger partial charge in [-0.3, -0.25) is 14.4 Å². The fourth-order valence-corrected chi connectivity index (χ4v) is 2.27. The number of carbonyl (C=O) groups excluding carboxylic acids is 3. The van der Waals surface area contributed by atoms with Crippen molar-refractivity contribution in [3.8, 4) is 0 Å². The summed E-state index contributed by atoms with van der Waals surface area (Å²) >= 11 is 7.83. The Bertz CT molecular complexity index is 548. The predicted octanol–water partition coefficient (Wildman–Crippen LogP) is -3.53. The lowest BCUT2D eigenvalue weighted by atomic mass is 10.1. The highest BCUT2D eigenvalue weighted by atomic mass is 32.1.